The van der Waals surface area contributed by atoms with Crippen LogP contribution in [0.3, 0.4) is 0 Å². The lowest BCUT2D eigenvalue weighted by molar-refractivity contribution is -0.120. The van der Waals surface area contributed by atoms with Gasteiger partial charge < -0.3 is 0 Å². The summed E-state index contributed by atoms with van der Waals surface area (Å²) in [7, 11) is 0. The molecule has 2 unspecified atom stereocenters. The molecule has 34 heavy (non-hydrogen) atoms. The van der Waals surface area contributed by atoms with Crippen LogP contribution < -0.4 is 0 Å². The fourth-order valence-corrected chi connectivity index (χ4v) is 4.63. The molecule has 0 N–H and O–H groups in total. The average Bonchev–Trinajstić information content (AvgIpc) is 2.86. The fraction of sp³-hybridized carbons (Fsp3) is 0.438. The zero-order chi connectivity index (χ0) is 24.4. The lowest BCUT2D eigenvalue weighted by Crippen LogP contribution is -2.07. The highest BCUT2D eigenvalue weighted by Crippen LogP contribution is 2.26. The summed E-state index contributed by atoms with van der Waals surface area (Å²) in [6, 6.07) is 20.6. The van der Waals surface area contributed by atoms with Gasteiger partial charge in [0.25, 0.3) is 0 Å². The predicted molar refractivity (Wildman–Crippen MR) is 144 cm³/mol. The standard InChI is InChI=1S/C32H42O2/c1-3-17-29(27-19-11-9-12-20-27)25-31(33)23-15-7-5-6-8-16-24-32(34)26-30(18-4-2)28-21-13-10-14-22-28/h3-4,9-14,19-22,29-30H,1-2,5-8,15-18,23-26H2. The first-order valence-electron chi connectivity index (χ1n) is 13.0. The van der Waals surface area contributed by atoms with Crippen molar-refractivity contribution in [3.63, 3.8) is 0 Å². The van der Waals surface area contributed by atoms with E-state index in [9.17, 15) is 9.59 Å². The second kappa shape index (κ2) is 16.8. The first-order valence-corrected chi connectivity index (χ1v) is 13.0. The van der Waals surface area contributed by atoms with Crippen molar-refractivity contribution >= 4 is 11.6 Å². The lowest BCUT2D eigenvalue weighted by Gasteiger charge is -2.15. The molecular formula is C32H42O2. The SMILES string of the molecule is C=CCC(CC(=O)CCCCCCCCC(=O)CC(CC=C)c1ccccc1)c1ccccc1. The third kappa shape index (κ3) is 10.9. The average molecular weight is 459 g/mol. The lowest BCUT2D eigenvalue weighted by atomic mass is 9.89. The molecule has 0 spiro atoms. The molecule has 2 nitrogen and oxygen atoms in total. The minimum atomic E-state index is 0.247. The van der Waals surface area contributed by atoms with E-state index in [1.165, 1.54) is 11.1 Å². The molecule has 0 aliphatic carbocycles. The Bertz CT molecular complexity index is 780. The van der Waals surface area contributed by atoms with Crippen molar-refractivity contribution in [2.24, 2.45) is 0 Å². The molecule has 0 amide bonds. The smallest absolute Gasteiger partial charge is 0.133 e. The molecule has 0 aliphatic rings. The third-order valence-electron chi connectivity index (χ3n) is 6.55. The molecule has 0 radical (unpaired) electrons. The highest BCUT2D eigenvalue weighted by atomic mass is 16.1. The van der Waals surface area contributed by atoms with Crippen molar-refractivity contribution in [2.75, 3.05) is 0 Å². The summed E-state index contributed by atoms with van der Waals surface area (Å²) in [5, 5.41) is 0. The van der Waals surface area contributed by atoms with Gasteiger partial charge >= 0.3 is 0 Å². The second-order valence-electron chi connectivity index (χ2n) is 9.37. The van der Waals surface area contributed by atoms with Gasteiger partial charge in [0.05, 0.1) is 0 Å². The van der Waals surface area contributed by atoms with Crippen molar-refractivity contribution in [1.29, 1.82) is 0 Å². The topological polar surface area (TPSA) is 34.1 Å². The van der Waals surface area contributed by atoms with Gasteiger partial charge in [0.2, 0.25) is 0 Å². The van der Waals surface area contributed by atoms with Crippen LogP contribution in [0.25, 0.3) is 0 Å². The van der Waals surface area contributed by atoms with Crippen LogP contribution in [0.1, 0.15) is 100 Å². The molecule has 2 atom stereocenters. The number of benzene rings is 2. The zero-order valence-corrected chi connectivity index (χ0v) is 20.8. The molecule has 182 valence electrons. The van der Waals surface area contributed by atoms with Crippen molar-refractivity contribution in [2.45, 2.75) is 88.9 Å². The van der Waals surface area contributed by atoms with Gasteiger partial charge in [-0.1, -0.05) is 98.5 Å². The van der Waals surface area contributed by atoms with Crippen LogP contribution in [-0.2, 0) is 9.59 Å². The summed E-state index contributed by atoms with van der Waals surface area (Å²) in [5.41, 5.74) is 2.45. The van der Waals surface area contributed by atoms with Gasteiger partial charge in [-0.15, -0.1) is 13.2 Å². The number of carbonyl (C=O) groups is 2. The Kier molecular flexibility index (Phi) is 13.6. The molecule has 0 aromatic heterocycles. The Labute approximate surface area is 207 Å². The summed E-state index contributed by atoms with van der Waals surface area (Å²) in [4.78, 5) is 24.9. The molecule has 0 aliphatic heterocycles. The highest BCUT2D eigenvalue weighted by molar-refractivity contribution is 5.79. The molecule has 2 aromatic carbocycles. The van der Waals surface area contributed by atoms with Gasteiger partial charge in [0, 0.05) is 25.7 Å². The van der Waals surface area contributed by atoms with E-state index in [1.807, 2.05) is 48.6 Å². The largest absolute Gasteiger partial charge is 0.300 e. The monoisotopic (exact) mass is 458 g/mol. The van der Waals surface area contributed by atoms with Crippen LogP contribution >= 0.6 is 0 Å². The van der Waals surface area contributed by atoms with E-state index >= 15 is 0 Å². The zero-order valence-electron chi connectivity index (χ0n) is 20.8. The van der Waals surface area contributed by atoms with Crippen LogP contribution in [0.5, 0.6) is 0 Å². The molecule has 2 aromatic rings. The summed E-state index contributed by atoms with van der Waals surface area (Å²) >= 11 is 0. The predicted octanol–water partition coefficient (Wildman–Crippen LogP) is 8.75. The van der Waals surface area contributed by atoms with Crippen LogP contribution in [0, 0.1) is 0 Å². The van der Waals surface area contributed by atoms with E-state index in [-0.39, 0.29) is 11.8 Å². The van der Waals surface area contributed by atoms with Crippen LogP contribution in [0.2, 0.25) is 0 Å². The Morgan fingerprint density at radius 3 is 1.29 bits per heavy atom. The summed E-state index contributed by atoms with van der Waals surface area (Å²) in [5.74, 6) is 1.20. The fourth-order valence-electron chi connectivity index (χ4n) is 4.63. The van der Waals surface area contributed by atoms with Crippen molar-refractivity contribution in [1.82, 2.24) is 0 Å². The minimum absolute atomic E-state index is 0.247. The first-order chi connectivity index (χ1) is 16.6. The Balaban J connectivity index is 1.55. The molecule has 0 saturated heterocycles. The molecule has 2 heteroatoms. The van der Waals surface area contributed by atoms with E-state index in [4.69, 9.17) is 0 Å². The minimum Gasteiger partial charge on any atom is -0.300 e. The van der Waals surface area contributed by atoms with E-state index in [0.29, 0.717) is 37.2 Å². The van der Waals surface area contributed by atoms with E-state index in [0.717, 1.165) is 51.4 Å². The van der Waals surface area contributed by atoms with Gasteiger partial charge in [-0.2, -0.15) is 0 Å². The highest BCUT2D eigenvalue weighted by Gasteiger charge is 2.15. The molecule has 0 bridgehead atoms. The molecular weight excluding hydrogens is 416 g/mol. The van der Waals surface area contributed by atoms with Crippen LogP contribution in [0.15, 0.2) is 86.0 Å². The first kappa shape index (κ1) is 27.5. The number of hydrogen-bond acceptors (Lipinski definition) is 2. The molecule has 0 heterocycles. The van der Waals surface area contributed by atoms with Crippen molar-refractivity contribution in [3.8, 4) is 0 Å². The van der Waals surface area contributed by atoms with Gasteiger partial charge in [0.1, 0.15) is 11.6 Å². The van der Waals surface area contributed by atoms with E-state index in [1.54, 1.807) is 0 Å². The quantitative estimate of drug-likeness (QED) is 0.156. The summed E-state index contributed by atoms with van der Waals surface area (Å²) in [6.07, 6.45) is 14.4. The number of Topliss-reactive ketones (excluding diaryl/α,β-unsaturated/α-hetero) is 2. The van der Waals surface area contributed by atoms with E-state index in [2.05, 4.69) is 37.4 Å². The number of allylic oxidation sites excluding steroid dienone is 2. The second-order valence-corrected chi connectivity index (χ2v) is 9.37. The maximum atomic E-state index is 12.5. The van der Waals surface area contributed by atoms with Crippen LogP contribution in [0.4, 0.5) is 0 Å². The van der Waals surface area contributed by atoms with Crippen molar-refractivity contribution in [3.05, 3.63) is 97.1 Å². The molecule has 0 saturated carbocycles. The normalized spacial score (nSPS) is 12.6. The Morgan fingerprint density at radius 1 is 0.588 bits per heavy atom. The summed E-state index contributed by atoms with van der Waals surface area (Å²) < 4.78 is 0. The molecule has 0 fully saturated rings. The maximum Gasteiger partial charge on any atom is 0.133 e. The number of unbranched alkanes of at least 4 members (excludes halogenated alkanes) is 5. The third-order valence-corrected chi connectivity index (χ3v) is 6.55. The number of hydrogen-bond donors (Lipinski definition) is 0. The Morgan fingerprint density at radius 2 is 0.941 bits per heavy atom. The maximum absolute atomic E-state index is 12.5. The number of rotatable bonds is 19. The molecule has 2 rings (SSSR count). The van der Waals surface area contributed by atoms with Gasteiger partial charge in [-0.05, 0) is 48.6 Å². The van der Waals surface area contributed by atoms with Gasteiger partial charge in [-0.3, -0.25) is 9.59 Å². The number of ketones is 2. The van der Waals surface area contributed by atoms with Gasteiger partial charge in [-0.25, -0.2) is 0 Å². The van der Waals surface area contributed by atoms with E-state index < -0.39 is 0 Å². The van der Waals surface area contributed by atoms with Gasteiger partial charge in [0.15, 0.2) is 0 Å². The number of carbonyl (C=O) groups excluding carboxylic acids is 2. The summed E-state index contributed by atoms with van der Waals surface area (Å²) in [6.45, 7) is 7.71. The Hall–Kier alpha value is -2.74. The van der Waals surface area contributed by atoms with Crippen molar-refractivity contribution < 1.29 is 9.59 Å². The van der Waals surface area contributed by atoms with Crippen LogP contribution in [-0.4, -0.2) is 11.6 Å².